The lowest BCUT2D eigenvalue weighted by atomic mass is 9.58. The predicted molar refractivity (Wildman–Crippen MR) is 141 cm³/mol. The van der Waals surface area contributed by atoms with Crippen LogP contribution < -0.4 is 0 Å². The van der Waals surface area contributed by atoms with Crippen molar-refractivity contribution >= 4 is 5.78 Å². The number of allylic oxidation sites excluding steroid dienone is 2. The molecule has 0 radical (unpaired) electrons. The van der Waals surface area contributed by atoms with Crippen molar-refractivity contribution in [2.75, 3.05) is 0 Å². The lowest BCUT2D eigenvalue weighted by molar-refractivity contribution is -0.121. The average Bonchev–Trinajstić information content (AvgIpc) is 3.32. The summed E-state index contributed by atoms with van der Waals surface area (Å²) in [7, 11) is 0. The van der Waals surface area contributed by atoms with E-state index in [4.69, 9.17) is 4.98 Å². The molecule has 4 aromatic rings. The fraction of sp³-hybridized carbons (Fsp3) is 0.219. The fourth-order valence-corrected chi connectivity index (χ4v) is 6.24. The highest BCUT2D eigenvalue weighted by molar-refractivity contribution is 6.02. The zero-order valence-electron chi connectivity index (χ0n) is 20.8. The minimum atomic E-state index is -0.566. The Bertz CT molecular complexity index is 1590. The molecule has 5 heteroatoms. The highest BCUT2D eigenvalue weighted by Gasteiger charge is 2.50. The molecular formula is C32H26FN3O. The molecule has 0 amide bonds. The summed E-state index contributed by atoms with van der Waals surface area (Å²) in [4.78, 5) is 18.0. The van der Waals surface area contributed by atoms with Gasteiger partial charge in [-0.3, -0.25) is 9.36 Å². The van der Waals surface area contributed by atoms with Crippen LogP contribution >= 0.6 is 0 Å². The monoisotopic (exact) mass is 487 g/mol. The molecule has 0 spiro atoms. The number of carbonyl (C=O) groups excluding carboxylic acids is 1. The van der Waals surface area contributed by atoms with E-state index < -0.39 is 5.41 Å². The molecule has 0 N–H and O–H groups in total. The molecule has 3 aromatic carbocycles. The molecule has 4 nitrogen and oxygen atoms in total. The van der Waals surface area contributed by atoms with Crippen molar-refractivity contribution in [1.82, 2.24) is 9.55 Å². The van der Waals surface area contributed by atoms with E-state index >= 15 is 0 Å². The molecule has 37 heavy (non-hydrogen) atoms. The second-order valence-electron chi connectivity index (χ2n) is 10.2. The molecular weight excluding hydrogens is 461 g/mol. The SMILES string of the molecule is C[C@H]1C(=O)C(C#N)=C[C@@]2(C)c3nc(-c4ccc(-c5ccccc5)cc4)n(-c4cccc(F)c4)c3CC[C@H]12. The molecule has 6 rings (SSSR count). The number of hydrogen-bond acceptors (Lipinski definition) is 3. The number of rotatable bonds is 3. The quantitative estimate of drug-likeness (QED) is 0.318. The number of fused-ring (bicyclic) bond motifs is 3. The van der Waals surface area contributed by atoms with E-state index in [1.54, 1.807) is 6.07 Å². The van der Waals surface area contributed by atoms with Crippen molar-refractivity contribution in [3.05, 3.63) is 108 Å². The Morgan fingerprint density at radius 3 is 2.41 bits per heavy atom. The predicted octanol–water partition coefficient (Wildman–Crippen LogP) is 6.83. The Kier molecular flexibility index (Phi) is 5.42. The van der Waals surface area contributed by atoms with Gasteiger partial charge in [-0.25, -0.2) is 9.37 Å². The van der Waals surface area contributed by atoms with Crippen LogP contribution in [0.25, 0.3) is 28.2 Å². The number of aromatic nitrogens is 2. The van der Waals surface area contributed by atoms with Crippen LogP contribution in [0.15, 0.2) is 90.5 Å². The molecule has 3 atom stereocenters. The number of ketones is 1. The van der Waals surface area contributed by atoms with Crippen molar-refractivity contribution in [3.63, 3.8) is 0 Å². The first-order chi connectivity index (χ1) is 17.9. The number of hydrogen-bond donors (Lipinski definition) is 0. The van der Waals surface area contributed by atoms with Crippen molar-refractivity contribution < 1.29 is 9.18 Å². The smallest absolute Gasteiger partial charge is 0.176 e. The molecule has 0 bridgehead atoms. The van der Waals surface area contributed by atoms with Gasteiger partial charge < -0.3 is 0 Å². The third kappa shape index (κ3) is 3.64. The Morgan fingerprint density at radius 2 is 1.70 bits per heavy atom. The van der Waals surface area contributed by atoms with E-state index in [2.05, 4.69) is 54.0 Å². The summed E-state index contributed by atoms with van der Waals surface area (Å²) in [6, 6.07) is 27.1. The summed E-state index contributed by atoms with van der Waals surface area (Å²) >= 11 is 0. The molecule has 0 aliphatic heterocycles. The van der Waals surface area contributed by atoms with Crippen molar-refractivity contribution in [2.24, 2.45) is 11.8 Å². The summed E-state index contributed by atoms with van der Waals surface area (Å²) in [5, 5.41) is 9.69. The third-order valence-corrected chi connectivity index (χ3v) is 8.11. The Morgan fingerprint density at radius 1 is 1.00 bits per heavy atom. The first kappa shape index (κ1) is 23.1. The zero-order valence-corrected chi connectivity index (χ0v) is 20.8. The van der Waals surface area contributed by atoms with Crippen LogP contribution in [0.4, 0.5) is 4.39 Å². The molecule has 0 saturated carbocycles. The highest BCUT2D eigenvalue weighted by atomic mass is 19.1. The number of nitrogens with zero attached hydrogens (tertiary/aromatic N) is 3. The topological polar surface area (TPSA) is 58.7 Å². The van der Waals surface area contributed by atoms with Gasteiger partial charge in [0.1, 0.15) is 17.7 Å². The van der Waals surface area contributed by atoms with Crippen LogP contribution in [0.3, 0.4) is 0 Å². The third-order valence-electron chi connectivity index (χ3n) is 8.11. The van der Waals surface area contributed by atoms with Crippen LogP contribution in [-0.2, 0) is 16.6 Å². The largest absolute Gasteiger partial charge is 0.296 e. The number of carbonyl (C=O) groups is 1. The summed E-state index contributed by atoms with van der Waals surface area (Å²) in [5.41, 5.74) is 5.36. The number of nitriles is 1. The van der Waals surface area contributed by atoms with Gasteiger partial charge in [-0.1, -0.05) is 80.6 Å². The standard InChI is InChI=1S/C32H26FN3O/c1-20-27-15-16-28-30(32(27,2)18-24(19-34)29(20)37)35-31(36(28)26-10-6-9-25(33)17-26)23-13-11-22(12-14-23)21-7-4-3-5-8-21/h3-14,17-18,20,27H,15-16H2,1-2H3/t20-,27-,32-/m1/s1. The average molecular weight is 488 g/mol. The van der Waals surface area contributed by atoms with E-state index in [0.29, 0.717) is 12.1 Å². The maximum absolute atomic E-state index is 14.4. The first-order valence-electron chi connectivity index (χ1n) is 12.6. The minimum absolute atomic E-state index is 0.0498. The molecule has 2 aliphatic rings. The van der Waals surface area contributed by atoms with Gasteiger partial charge in [-0.15, -0.1) is 0 Å². The van der Waals surface area contributed by atoms with E-state index in [1.165, 1.54) is 12.1 Å². The number of imidazole rings is 1. The maximum atomic E-state index is 14.4. The van der Waals surface area contributed by atoms with Gasteiger partial charge in [0.15, 0.2) is 5.78 Å². The minimum Gasteiger partial charge on any atom is -0.296 e. The van der Waals surface area contributed by atoms with Gasteiger partial charge in [-0.2, -0.15) is 5.26 Å². The van der Waals surface area contributed by atoms with Crippen LogP contribution in [0, 0.1) is 29.0 Å². The van der Waals surface area contributed by atoms with Gasteiger partial charge in [0.25, 0.3) is 0 Å². The summed E-state index contributed by atoms with van der Waals surface area (Å²) < 4.78 is 16.4. The van der Waals surface area contributed by atoms with E-state index in [0.717, 1.165) is 40.3 Å². The Labute approximate surface area is 215 Å². The van der Waals surface area contributed by atoms with Crippen LogP contribution in [0.2, 0.25) is 0 Å². The number of Topliss-reactive ketones (excluding diaryl/α,β-unsaturated/α-hetero) is 1. The number of halogens is 1. The number of benzene rings is 3. The van der Waals surface area contributed by atoms with Crippen molar-refractivity contribution in [2.45, 2.75) is 32.1 Å². The lowest BCUT2D eigenvalue weighted by Crippen LogP contribution is -2.45. The van der Waals surface area contributed by atoms with Crippen molar-refractivity contribution in [3.8, 4) is 34.3 Å². The molecule has 0 saturated heterocycles. The molecule has 0 unspecified atom stereocenters. The van der Waals surface area contributed by atoms with Gasteiger partial charge in [-0.05, 0) is 48.1 Å². The van der Waals surface area contributed by atoms with E-state index in [-0.39, 0.29) is 29.0 Å². The van der Waals surface area contributed by atoms with Gasteiger partial charge >= 0.3 is 0 Å². The van der Waals surface area contributed by atoms with Gasteiger partial charge in [0, 0.05) is 22.6 Å². The normalized spacial score (nSPS) is 22.5. The van der Waals surface area contributed by atoms with Gasteiger partial charge in [0.2, 0.25) is 0 Å². The van der Waals surface area contributed by atoms with E-state index in [9.17, 15) is 14.4 Å². The van der Waals surface area contributed by atoms with Crippen LogP contribution in [-0.4, -0.2) is 15.3 Å². The molecule has 1 aromatic heterocycles. The fourth-order valence-electron chi connectivity index (χ4n) is 6.24. The second-order valence-corrected chi connectivity index (χ2v) is 10.2. The maximum Gasteiger partial charge on any atom is 0.176 e. The Balaban J connectivity index is 1.56. The summed E-state index contributed by atoms with van der Waals surface area (Å²) in [6.07, 6.45) is 3.33. The highest BCUT2D eigenvalue weighted by Crippen LogP contribution is 2.50. The van der Waals surface area contributed by atoms with Crippen LogP contribution in [0.5, 0.6) is 0 Å². The molecule has 0 fully saturated rings. The Hall–Kier alpha value is -4.30. The second kappa shape index (κ2) is 8.67. The summed E-state index contributed by atoms with van der Waals surface area (Å²) in [6.45, 7) is 4.01. The van der Waals surface area contributed by atoms with Gasteiger partial charge in [0.05, 0.1) is 17.0 Å². The molecule has 2 aliphatic carbocycles. The molecule has 1 heterocycles. The lowest BCUT2D eigenvalue weighted by Gasteiger charge is -2.44. The zero-order chi connectivity index (χ0) is 25.7. The van der Waals surface area contributed by atoms with Crippen molar-refractivity contribution in [1.29, 1.82) is 5.26 Å². The summed E-state index contributed by atoms with van der Waals surface area (Å²) in [5.74, 6) is 0.122. The first-order valence-corrected chi connectivity index (χ1v) is 12.6. The van der Waals surface area contributed by atoms with E-state index in [1.807, 2.05) is 37.3 Å². The molecule has 182 valence electrons. The van der Waals surface area contributed by atoms with Crippen LogP contribution in [0.1, 0.15) is 31.7 Å².